The summed E-state index contributed by atoms with van der Waals surface area (Å²) in [6, 6.07) is 16.1. The molecule has 2 aromatic carbocycles. The fourth-order valence-corrected chi connectivity index (χ4v) is 3.08. The van der Waals surface area contributed by atoms with E-state index < -0.39 is 0 Å². The molecule has 1 unspecified atom stereocenters. The van der Waals surface area contributed by atoms with Gasteiger partial charge in [-0.25, -0.2) is 0 Å². The fourth-order valence-electron chi connectivity index (χ4n) is 1.96. The Kier molecular flexibility index (Phi) is 6.32. The Balaban J connectivity index is 2.11. The van der Waals surface area contributed by atoms with E-state index in [0.717, 1.165) is 25.8 Å². The number of benzene rings is 2. The molecular weight excluding hydrogens is 431 g/mol. The topological polar surface area (TPSA) is 18.5 Å². The number of methoxy groups -OCH3 is 1. The Labute approximate surface area is 141 Å². The molecule has 0 aromatic heterocycles. The minimum absolute atomic E-state index is 0.0267. The van der Waals surface area contributed by atoms with Gasteiger partial charge in [-0.1, -0.05) is 74.9 Å². The maximum Gasteiger partial charge on any atom is 0.124 e. The lowest BCUT2D eigenvalue weighted by atomic mass is 10.1. The summed E-state index contributed by atoms with van der Waals surface area (Å²) < 4.78 is 13.4. The maximum absolute atomic E-state index is 6.07. The molecule has 0 N–H and O–H groups in total. The average molecular weight is 447 g/mol. The van der Waals surface area contributed by atoms with Gasteiger partial charge in [-0.2, -0.15) is 0 Å². The van der Waals surface area contributed by atoms with Crippen LogP contribution in [0.25, 0.3) is 0 Å². The van der Waals surface area contributed by atoms with Crippen molar-refractivity contribution in [3.05, 3.63) is 64.1 Å². The molecule has 0 aliphatic heterocycles. The molecule has 1 atom stereocenters. The number of ether oxygens (including phenoxy) is 2. The standard InChI is InChI=1S/C16H16BrIO2/c1-19-15-9-5-3-7-13(15)16(10-18)20-11-12-6-2-4-8-14(12)17/h2-9,16H,10-11H2,1H3. The molecule has 20 heavy (non-hydrogen) atoms. The van der Waals surface area contributed by atoms with E-state index in [2.05, 4.69) is 50.7 Å². The molecule has 2 aromatic rings. The number of halogens is 2. The van der Waals surface area contributed by atoms with Crippen LogP contribution in [0.1, 0.15) is 17.2 Å². The molecule has 0 radical (unpaired) electrons. The first kappa shape index (κ1) is 15.8. The van der Waals surface area contributed by atoms with Gasteiger partial charge in [0.2, 0.25) is 0 Å². The molecule has 0 saturated heterocycles. The van der Waals surface area contributed by atoms with Crippen molar-refractivity contribution in [2.24, 2.45) is 0 Å². The molecule has 2 nitrogen and oxygen atoms in total. The Morgan fingerprint density at radius 1 is 1.10 bits per heavy atom. The van der Waals surface area contributed by atoms with Gasteiger partial charge >= 0.3 is 0 Å². The Bertz CT molecular complexity index is 560. The molecule has 106 valence electrons. The molecule has 0 heterocycles. The highest BCUT2D eigenvalue weighted by molar-refractivity contribution is 14.1. The Morgan fingerprint density at radius 2 is 1.80 bits per heavy atom. The lowest BCUT2D eigenvalue weighted by Crippen LogP contribution is -2.08. The van der Waals surface area contributed by atoms with Crippen molar-refractivity contribution in [3.63, 3.8) is 0 Å². The van der Waals surface area contributed by atoms with Crippen LogP contribution in [0.4, 0.5) is 0 Å². The highest BCUT2D eigenvalue weighted by Gasteiger charge is 2.15. The second-order valence-electron chi connectivity index (χ2n) is 4.29. The molecule has 0 spiro atoms. The summed E-state index contributed by atoms with van der Waals surface area (Å²) in [7, 11) is 1.69. The Hall–Kier alpha value is -0.590. The summed E-state index contributed by atoms with van der Waals surface area (Å²) in [6.07, 6.45) is 0.0267. The van der Waals surface area contributed by atoms with Crippen LogP contribution in [0, 0.1) is 0 Å². The summed E-state index contributed by atoms with van der Waals surface area (Å²) in [4.78, 5) is 0. The van der Waals surface area contributed by atoms with Crippen LogP contribution in [-0.2, 0) is 11.3 Å². The van der Waals surface area contributed by atoms with Crippen LogP contribution in [0.2, 0.25) is 0 Å². The van der Waals surface area contributed by atoms with Crippen LogP contribution >= 0.6 is 38.5 Å². The van der Waals surface area contributed by atoms with Gasteiger partial charge in [-0.3, -0.25) is 0 Å². The van der Waals surface area contributed by atoms with Gasteiger partial charge in [0.05, 0.1) is 19.8 Å². The van der Waals surface area contributed by atoms with Gasteiger partial charge in [-0.15, -0.1) is 0 Å². The van der Waals surface area contributed by atoms with Gasteiger partial charge in [0.15, 0.2) is 0 Å². The number of rotatable bonds is 6. The minimum Gasteiger partial charge on any atom is -0.496 e. The summed E-state index contributed by atoms with van der Waals surface area (Å²) in [5.74, 6) is 0.876. The highest BCUT2D eigenvalue weighted by atomic mass is 127. The van der Waals surface area contributed by atoms with Crippen molar-refractivity contribution in [2.75, 3.05) is 11.5 Å². The van der Waals surface area contributed by atoms with Crippen molar-refractivity contribution in [3.8, 4) is 5.75 Å². The van der Waals surface area contributed by atoms with Crippen molar-refractivity contribution < 1.29 is 9.47 Å². The molecule has 0 fully saturated rings. The predicted molar refractivity (Wildman–Crippen MR) is 93.6 cm³/mol. The van der Waals surface area contributed by atoms with E-state index in [1.807, 2.05) is 36.4 Å². The molecule has 0 aliphatic rings. The smallest absolute Gasteiger partial charge is 0.124 e. The number of alkyl halides is 1. The van der Waals surface area contributed by atoms with E-state index in [1.165, 1.54) is 0 Å². The van der Waals surface area contributed by atoms with Gasteiger partial charge < -0.3 is 9.47 Å². The summed E-state index contributed by atoms with van der Waals surface area (Å²) in [5.41, 5.74) is 2.24. The first-order valence-electron chi connectivity index (χ1n) is 6.30. The predicted octanol–water partition coefficient (Wildman–Crippen LogP) is 5.15. The molecular formula is C16H16BrIO2. The lowest BCUT2D eigenvalue weighted by molar-refractivity contribution is 0.0557. The number of hydrogen-bond acceptors (Lipinski definition) is 2. The van der Waals surface area contributed by atoms with Gasteiger partial charge in [0.25, 0.3) is 0 Å². The normalized spacial score (nSPS) is 12.2. The van der Waals surface area contributed by atoms with E-state index in [-0.39, 0.29) is 6.10 Å². The van der Waals surface area contributed by atoms with Gasteiger partial charge in [-0.05, 0) is 17.7 Å². The zero-order chi connectivity index (χ0) is 14.4. The van der Waals surface area contributed by atoms with E-state index >= 15 is 0 Å². The minimum atomic E-state index is 0.0267. The zero-order valence-electron chi connectivity index (χ0n) is 11.2. The van der Waals surface area contributed by atoms with E-state index in [1.54, 1.807) is 7.11 Å². The largest absolute Gasteiger partial charge is 0.496 e. The second kappa shape index (κ2) is 8.00. The molecule has 0 amide bonds. The quantitative estimate of drug-likeness (QED) is 0.451. The van der Waals surface area contributed by atoms with Crippen molar-refractivity contribution in [1.29, 1.82) is 0 Å². The number of hydrogen-bond donors (Lipinski definition) is 0. The number of para-hydroxylation sites is 1. The molecule has 0 aliphatic carbocycles. The van der Waals surface area contributed by atoms with E-state index in [0.29, 0.717) is 6.61 Å². The summed E-state index contributed by atoms with van der Waals surface area (Å²) >= 11 is 5.89. The average Bonchev–Trinajstić information content (AvgIpc) is 2.50. The monoisotopic (exact) mass is 446 g/mol. The van der Waals surface area contributed by atoms with Crippen LogP contribution in [0.5, 0.6) is 5.75 Å². The first-order valence-corrected chi connectivity index (χ1v) is 8.62. The zero-order valence-corrected chi connectivity index (χ0v) is 14.9. The molecule has 2 rings (SSSR count). The fraction of sp³-hybridized carbons (Fsp3) is 0.250. The molecule has 4 heteroatoms. The third kappa shape index (κ3) is 3.96. The van der Waals surface area contributed by atoms with Crippen LogP contribution in [-0.4, -0.2) is 11.5 Å². The van der Waals surface area contributed by atoms with Gasteiger partial charge in [0, 0.05) is 14.5 Å². The molecule has 0 saturated carbocycles. The lowest BCUT2D eigenvalue weighted by Gasteiger charge is -2.19. The van der Waals surface area contributed by atoms with E-state index in [4.69, 9.17) is 9.47 Å². The summed E-state index contributed by atoms with van der Waals surface area (Å²) in [5, 5.41) is 0. The molecule has 0 bridgehead atoms. The SMILES string of the molecule is COc1ccccc1C(CI)OCc1ccccc1Br. The first-order chi connectivity index (χ1) is 9.76. The van der Waals surface area contributed by atoms with Crippen LogP contribution in [0.3, 0.4) is 0 Å². The Morgan fingerprint density at radius 3 is 2.50 bits per heavy atom. The summed E-state index contributed by atoms with van der Waals surface area (Å²) in [6.45, 7) is 0.577. The van der Waals surface area contributed by atoms with Crippen molar-refractivity contribution in [2.45, 2.75) is 12.7 Å². The van der Waals surface area contributed by atoms with Crippen molar-refractivity contribution >= 4 is 38.5 Å². The van der Waals surface area contributed by atoms with Crippen molar-refractivity contribution in [1.82, 2.24) is 0 Å². The van der Waals surface area contributed by atoms with Crippen LogP contribution in [0.15, 0.2) is 53.0 Å². The van der Waals surface area contributed by atoms with E-state index in [9.17, 15) is 0 Å². The highest BCUT2D eigenvalue weighted by Crippen LogP contribution is 2.30. The van der Waals surface area contributed by atoms with Crippen LogP contribution < -0.4 is 4.74 Å². The maximum atomic E-state index is 6.07. The van der Waals surface area contributed by atoms with Gasteiger partial charge in [0.1, 0.15) is 5.75 Å². The second-order valence-corrected chi connectivity index (χ2v) is 6.02. The third-order valence-electron chi connectivity index (χ3n) is 3.02. The third-order valence-corrected chi connectivity index (χ3v) is 4.60.